The van der Waals surface area contributed by atoms with E-state index < -0.39 is 18.6 Å². The Labute approximate surface area is 106 Å². The molecular formula is C13H19F2NO2. The number of alkyl halides is 2. The number of aliphatic hydroxyl groups is 1. The molecule has 0 bridgehead atoms. The summed E-state index contributed by atoms with van der Waals surface area (Å²) in [7, 11) is 1.73. The van der Waals surface area contributed by atoms with E-state index in [1.54, 1.807) is 7.05 Å². The average molecular weight is 259 g/mol. The van der Waals surface area contributed by atoms with Crippen molar-refractivity contribution in [2.24, 2.45) is 0 Å². The molecule has 0 heterocycles. The van der Waals surface area contributed by atoms with Crippen LogP contribution < -0.4 is 5.32 Å². The lowest BCUT2D eigenvalue weighted by atomic mass is 9.88. The third-order valence-electron chi connectivity index (χ3n) is 2.99. The minimum absolute atomic E-state index is 0.119. The maximum absolute atomic E-state index is 12.0. The first-order chi connectivity index (χ1) is 8.64. The summed E-state index contributed by atoms with van der Waals surface area (Å²) in [5.41, 5.74) is 0.263. The van der Waals surface area contributed by atoms with Crippen molar-refractivity contribution in [3.05, 3.63) is 35.9 Å². The predicted molar refractivity (Wildman–Crippen MR) is 65.7 cm³/mol. The van der Waals surface area contributed by atoms with E-state index in [2.05, 4.69) is 5.32 Å². The molecule has 1 rings (SSSR count). The summed E-state index contributed by atoms with van der Waals surface area (Å²) in [5, 5.41) is 12.6. The second-order valence-electron chi connectivity index (χ2n) is 4.07. The van der Waals surface area contributed by atoms with Crippen LogP contribution >= 0.6 is 0 Å². The van der Waals surface area contributed by atoms with E-state index in [4.69, 9.17) is 4.74 Å². The summed E-state index contributed by atoms with van der Waals surface area (Å²) in [6.45, 7) is -0.522. The average Bonchev–Trinajstić information content (AvgIpc) is 2.40. The highest BCUT2D eigenvalue weighted by atomic mass is 19.3. The number of ether oxygens (including phenoxy) is 1. The Bertz CT molecular complexity index is 329. The van der Waals surface area contributed by atoms with E-state index in [0.29, 0.717) is 6.42 Å². The molecule has 1 aromatic carbocycles. The number of hydrogen-bond acceptors (Lipinski definition) is 3. The first kappa shape index (κ1) is 15.0. The highest BCUT2D eigenvalue weighted by Gasteiger charge is 2.29. The van der Waals surface area contributed by atoms with Crippen LogP contribution in [0.5, 0.6) is 0 Å². The molecule has 102 valence electrons. The molecule has 1 atom stereocenters. The van der Waals surface area contributed by atoms with Gasteiger partial charge in [-0.3, -0.25) is 0 Å². The minimum Gasteiger partial charge on any atom is -0.394 e. The van der Waals surface area contributed by atoms with E-state index in [1.807, 2.05) is 30.3 Å². The van der Waals surface area contributed by atoms with Crippen molar-refractivity contribution in [1.29, 1.82) is 0 Å². The lowest BCUT2D eigenvalue weighted by Crippen LogP contribution is -2.44. The van der Waals surface area contributed by atoms with Gasteiger partial charge in [0.05, 0.1) is 12.1 Å². The van der Waals surface area contributed by atoms with Gasteiger partial charge in [0.2, 0.25) is 0 Å². The van der Waals surface area contributed by atoms with Crippen molar-refractivity contribution < 1.29 is 18.6 Å². The smallest absolute Gasteiger partial charge is 0.261 e. The van der Waals surface area contributed by atoms with Crippen molar-refractivity contribution in [2.75, 3.05) is 26.9 Å². The Morgan fingerprint density at radius 1 is 1.33 bits per heavy atom. The first-order valence-electron chi connectivity index (χ1n) is 5.86. The molecule has 0 fully saturated rings. The molecule has 2 N–H and O–H groups in total. The van der Waals surface area contributed by atoms with Crippen LogP contribution in [0.2, 0.25) is 0 Å². The SMILES string of the molecule is CNC(CO)(CCOCC(F)F)c1ccccc1. The molecule has 18 heavy (non-hydrogen) atoms. The van der Waals surface area contributed by atoms with Gasteiger partial charge in [0.25, 0.3) is 6.43 Å². The largest absolute Gasteiger partial charge is 0.394 e. The lowest BCUT2D eigenvalue weighted by molar-refractivity contribution is 0.00509. The molecule has 0 aliphatic carbocycles. The van der Waals surface area contributed by atoms with E-state index in [0.717, 1.165) is 5.56 Å². The van der Waals surface area contributed by atoms with Crippen LogP contribution in [-0.4, -0.2) is 38.4 Å². The molecule has 0 spiro atoms. The first-order valence-corrected chi connectivity index (χ1v) is 5.86. The Balaban J connectivity index is 2.64. The minimum atomic E-state index is -2.46. The molecule has 0 saturated heterocycles. The second kappa shape index (κ2) is 7.41. The number of likely N-dealkylation sites (N-methyl/N-ethyl adjacent to an activating group) is 1. The number of nitrogens with one attached hydrogen (secondary N) is 1. The van der Waals surface area contributed by atoms with Crippen LogP contribution in [0, 0.1) is 0 Å². The van der Waals surface area contributed by atoms with E-state index in [1.165, 1.54) is 0 Å². The Hall–Kier alpha value is -1.04. The summed E-state index contributed by atoms with van der Waals surface area (Å²) in [4.78, 5) is 0. The van der Waals surface area contributed by atoms with Crippen molar-refractivity contribution >= 4 is 0 Å². The third kappa shape index (κ3) is 4.01. The highest BCUT2D eigenvalue weighted by Crippen LogP contribution is 2.24. The normalized spacial score (nSPS) is 14.7. The van der Waals surface area contributed by atoms with Crippen molar-refractivity contribution in [3.8, 4) is 0 Å². The van der Waals surface area contributed by atoms with Crippen LogP contribution in [0.4, 0.5) is 8.78 Å². The van der Waals surface area contributed by atoms with Gasteiger partial charge in [-0.25, -0.2) is 8.78 Å². The van der Waals surface area contributed by atoms with E-state index in [9.17, 15) is 13.9 Å². The van der Waals surface area contributed by atoms with Crippen LogP contribution in [0.15, 0.2) is 30.3 Å². The summed E-state index contributed by atoms with van der Waals surface area (Å²) in [6, 6.07) is 9.41. The molecule has 0 aromatic heterocycles. The maximum atomic E-state index is 12.0. The van der Waals surface area contributed by atoms with Crippen LogP contribution in [-0.2, 0) is 10.3 Å². The Kier molecular flexibility index (Phi) is 6.18. The van der Waals surface area contributed by atoms with Gasteiger partial charge in [0.15, 0.2) is 0 Å². The van der Waals surface area contributed by atoms with Gasteiger partial charge in [-0.2, -0.15) is 0 Å². The lowest BCUT2D eigenvalue weighted by Gasteiger charge is -2.32. The number of rotatable bonds is 8. The number of hydrogen-bond donors (Lipinski definition) is 2. The molecule has 5 heteroatoms. The molecule has 0 radical (unpaired) electrons. The molecule has 1 unspecified atom stereocenters. The van der Waals surface area contributed by atoms with Crippen LogP contribution in [0.25, 0.3) is 0 Å². The van der Waals surface area contributed by atoms with Gasteiger partial charge < -0.3 is 15.2 Å². The summed E-state index contributed by atoms with van der Waals surface area (Å²) >= 11 is 0. The van der Waals surface area contributed by atoms with Gasteiger partial charge in [-0.15, -0.1) is 0 Å². The zero-order valence-corrected chi connectivity index (χ0v) is 10.4. The van der Waals surface area contributed by atoms with Crippen molar-refractivity contribution in [1.82, 2.24) is 5.32 Å². The maximum Gasteiger partial charge on any atom is 0.261 e. The molecule has 0 saturated carbocycles. The Morgan fingerprint density at radius 3 is 2.50 bits per heavy atom. The molecule has 3 nitrogen and oxygen atoms in total. The fraction of sp³-hybridized carbons (Fsp3) is 0.538. The van der Waals surface area contributed by atoms with E-state index in [-0.39, 0.29) is 13.2 Å². The predicted octanol–water partition coefficient (Wildman–Crippen LogP) is 1.77. The van der Waals surface area contributed by atoms with Gasteiger partial charge in [0, 0.05) is 6.61 Å². The topological polar surface area (TPSA) is 41.5 Å². The fourth-order valence-electron chi connectivity index (χ4n) is 1.84. The molecule has 1 aromatic rings. The van der Waals surface area contributed by atoms with Gasteiger partial charge in [0.1, 0.15) is 6.61 Å². The van der Waals surface area contributed by atoms with Gasteiger partial charge in [-0.1, -0.05) is 30.3 Å². The monoisotopic (exact) mass is 259 g/mol. The van der Waals surface area contributed by atoms with E-state index >= 15 is 0 Å². The second-order valence-corrected chi connectivity index (χ2v) is 4.07. The standard InChI is InChI=1S/C13H19F2NO2/c1-16-13(10-17,7-8-18-9-12(14)15)11-5-3-2-4-6-11/h2-6,12,16-17H,7-10H2,1H3. The zero-order chi connectivity index (χ0) is 13.4. The third-order valence-corrected chi connectivity index (χ3v) is 2.99. The highest BCUT2D eigenvalue weighted by molar-refractivity contribution is 5.24. The van der Waals surface area contributed by atoms with Gasteiger partial charge in [-0.05, 0) is 19.0 Å². The summed E-state index contributed by atoms with van der Waals surface area (Å²) < 4.78 is 28.8. The van der Waals surface area contributed by atoms with Crippen molar-refractivity contribution in [3.63, 3.8) is 0 Å². The molecule has 0 amide bonds. The number of halogens is 2. The van der Waals surface area contributed by atoms with Crippen LogP contribution in [0.1, 0.15) is 12.0 Å². The molecular weight excluding hydrogens is 240 g/mol. The van der Waals surface area contributed by atoms with Crippen molar-refractivity contribution in [2.45, 2.75) is 18.4 Å². The number of aliphatic hydroxyl groups excluding tert-OH is 1. The number of benzene rings is 1. The summed E-state index contributed by atoms with van der Waals surface area (Å²) in [6.07, 6.45) is -2.03. The van der Waals surface area contributed by atoms with Crippen LogP contribution in [0.3, 0.4) is 0 Å². The molecule has 0 aliphatic heterocycles. The zero-order valence-electron chi connectivity index (χ0n) is 10.4. The Morgan fingerprint density at radius 2 is 2.00 bits per heavy atom. The quantitative estimate of drug-likeness (QED) is 0.699. The summed E-state index contributed by atoms with van der Waals surface area (Å²) in [5.74, 6) is 0. The molecule has 0 aliphatic rings. The van der Waals surface area contributed by atoms with Gasteiger partial charge >= 0.3 is 0 Å². The fourth-order valence-corrected chi connectivity index (χ4v) is 1.84.